The summed E-state index contributed by atoms with van der Waals surface area (Å²) in [7, 11) is 4.26. The summed E-state index contributed by atoms with van der Waals surface area (Å²) in [5, 5.41) is 3.68. The summed E-state index contributed by atoms with van der Waals surface area (Å²) in [4.78, 5) is 4.80. The van der Waals surface area contributed by atoms with Gasteiger partial charge in [-0.25, -0.2) is 0 Å². The molecule has 0 aromatic rings. The van der Waals surface area contributed by atoms with Gasteiger partial charge >= 0.3 is 0 Å². The molecule has 19 heavy (non-hydrogen) atoms. The van der Waals surface area contributed by atoms with E-state index in [2.05, 4.69) is 29.2 Å². The van der Waals surface area contributed by atoms with Crippen LogP contribution < -0.4 is 5.32 Å². The summed E-state index contributed by atoms with van der Waals surface area (Å²) in [6, 6.07) is 0.698. The van der Waals surface area contributed by atoms with Crippen molar-refractivity contribution in [3.63, 3.8) is 0 Å². The number of hydrogen-bond donors (Lipinski definition) is 1. The molecule has 0 atom stereocenters. The number of piperidine rings is 1. The first kappa shape index (κ1) is 15.3. The highest BCUT2D eigenvalue weighted by atomic mass is 15.2. The van der Waals surface area contributed by atoms with Crippen LogP contribution in [0.25, 0.3) is 0 Å². The normalized spacial score (nSPS) is 25.9. The first-order valence-corrected chi connectivity index (χ1v) is 8.02. The van der Waals surface area contributed by atoms with Crippen LogP contribution in [0.3, 0.4) is 0 Å². The van der Waals surface area contributed by atoms with Crippen LogP contribution in [-0.2, 0) is 0 Å². The average molecular weight is 265 g/mol. The van der Waals surface area contributed by atoms with Crippen molar-refractivity contribution < 1.29 is 0 Å². The molecule has 1 aliphatic heterocycles. The fraction of sp³-hybridized carbons (Fsp3) is 0.938. The van der Waals surface area contributed by atoms with Crippen LogP contribution >= 0.6 is 0 Å². The van der Waals surface area contributed by atoms with Gasteiger partial charge in [0.25, 0.3) is 0 Å². The van der Waals surface area contributed by atoms with Crippen LogP contribution in [0.15, 0.2) is 0 Å². The van der Waals surface area contributed by atoms with E-state index in [1.807, 2.05) is 0 Å². The van der Waals surface area contributed by atoms with Gasteiger partial charge in [0.05, 0.1) is 0 Å². The van der Waals surface area contributed by atoms with Crippen LogP contribution in [0, 0.1) is 6.92 Å². The second-order valence-electron chi connectivity index (χ2n) is 6.68. The second kappa shape index (κ2) is 7.05. The minimum absolute atomic E-state index is 0.0207. The van der Waals surface area contributed by atoms with E-state index >= 15 is 0 Å². The van der Waals surface area contributed by atoms with Crippen LogP contribution in [0.5, 0.6) is 0 Å². The summed E-state index contributed by atoms with van der Waals surface area (Å²) < 4.78 is 0. The van der Waals surface area contributed by atoms with Crippen LogP contribution in [0.4, 0.5) is 0 Å². The van der Waals surface area contributed by atoms with Gasteiger partial charge in [-0.3, -0.25) is 4.90 Å². The van der Waals surface area contributed by atoms with E-state index in [9.17, 15) is 0 Å². The minimum atomic E-state index is 0.0207. The predicted octanol–water partition coefficient (Wildman–Crippen LogP) is 2.02. The van der Waals surface area contributed by atoms with E-state index in [0.29, 0.717) is 6.04 Å². The maximum atomic E-state index is 6.62. The number of hydrogen-bond acceptors (Lipinski definition) is 3. The topological polar surface area (TPSA) is 18.5 Å². The highest BCUT2D eigenvalue weighted by Crippen LogP contribution is 2.34. The van der Waals surface area contributed by atoms with Gasteiger partial charge in [-0.2, -0.15) is 0 Å². The SMILES string of the molecule is [CH]C1(N2CCC(NCCN(C)C)CC2)CCCCC1. The van der Waals surface area contributed by atoms with E-state index in [1.54, 1.807) is 0 Å². The molecule has 110 valence electrons. The summed E-state index contributed by atoms with van der Waals surface area (Å²) in [6.07, 6.45) is 8.92. The molecule has 0 aromatic carbocycles. The third-order valence-corrected chi connectivity index (χ3v) is 4.84. The predicted molar refractivity (Wildman–Crippen MR) is 81.3 cm³/mol. The molecule has 3 heteroatoms. The van der Waals surface area contributed by atoms with Crippen LogP contribution in [0.1, 0.15) is 44.9 Å². The third-order valence-electron chi connectivity index (χ3n) is 4.84. The molecule has 2 rings (SSSR count). The van der Waals surface area contributed by atoms with Crippen molar-refractivity contribution in [3.05, 3.63) is 6.92 Å². The van der Waals surface area contributed by atoms with E-state index in [1.165, 1.54) is 58.0 Å². The molecular weight excluding hydrogens is 234 g/mol. The molecule has 1 saturated heterocycles. The van der Waals surface area contributed by atoms with Gasteiger partial charge in [0, 0.05) is 37.8 Å². The Kier molecular flexibility index (Phi) is 5.67. The van der Waals surface area contributed by atoms with Crippen LogP contribution in [0.2, 0.25) is 0 Å². The highest BCUT2D eigenvalue weighted by molar-refractivity contribution is 4.97. The molecule has 2 aliphatic rings. The van der Waals surface area contributed by atoms with Gasteiger partial charge < -0.3 is 10.2 Å². The molecule has 1 aliphatic carbocycles. The standard InChI is InChI=1S/C16H31N3/c1-16(9-5-4-6-10-16)19-12-7-15(8-13-19)17-11-14-18(2)3/h1,15,17H,4-14H2,2-3H3. The lowest BCUT2D eigenvalue weighted by Gasteiger charge is -2.47. The maximum absolute atomic E-state index is 6.62. The van der Waals surface area contributed by atoms with Crippen LogP contribution in [-0.4, -0.2) is 61.7 Å². The number of nitrogens with zero attached hydrogens (tertiary/aromatic N) is 2. The summed E-state index contributed by atoms with van der Waals surface area (Å²) in [5.74, 6) is 0. The summed E-state index contributed by atoms with van der Waals surface area (Å²) >= 11 is 0. The highest BCUT2D eigenvalue weighted by Gasteiger charge is 2.35. The lowest BCUT2D eigenvalue weighted by molar-refractivity contribution is 0.0594. The number of likely N-dealkylation sites (N-methyl/N-ethyl adjacent to an activating group) is 1. The monoisotopic (exact) mass is 265 g/mol. The zero-order valence-corrected chi connectivity index (χ0v) is 12.8. The maximum Gasteiger partial charge on any atom is 0.0244 e. The van der Waals surface area contributed by atoms with E-state index in [-0.39, 0.29) is 5.54 Å². The van der Waals surface area contributed by atoms with E-state index < -0.39 is 0 Å². The Balaban J connectivity index is 1.70. The molecule has 0 amide bonds. The molecule has 1 heterocycles. The largest absolute Gasteiger partial charge is 0.313 e. The Hall–Kier alpha value is -0.120. The van der Waals surface area contributed by atoms with Crippen molar-refractivity contribution in [1.82, 2.24) is 15.1 Å². The van der Waals surface area contributed by atoms with Crippen molar-refractivity contribution >= 4 is 0 Å². The quantitative estimate of drug-likeness (QED) is 0.820. The van der Waals surface area contributed by atoms with Gasteiger partial charge in [0.15, 0.2) is 0 Å². The molecule has 1 saturated carbocycles. The molecule has 0 spiro atoms. The molecule has 3 nitrogen and oxygen atoms in total. The van der Waals surface area contributed by atoms with E-state index in [4.69, 9.17) is 6.92 Å². The average Bonchev–Trinajstić information content (AvgIpc) is 2.40. The molecule has 0 unspecified atom stereocenters. The fourth-order valence-electron chi connectivity index (χ4n) is 3.50. The van der Waals surface area contributed by atoms with Crippen molar-refractivity contribution in [3.8, 4) is 0 Å². The molecule has 1 N–H and O–H groups in total. The Morgan fingerprint density at radius 2 is 1.79 bits per heavy atom. The summed E-state index contributed by atoms with van der Waals surface area (Å²) in [5.41, 5.74) is 0.0207. The van der Waals surface area contributed by atoms with Crippen molar-refractivity contribution in [2.75, 3.05) is 40.3 Å². The Morgan fingerprint density at radius 3 is 2.37 bits per heavy atom. The number of nitrogens with one attached hydrogen (secondary N) is 1. The van der Waals surface area contributed by atoms with Gasteiger partial charge in [0.1, 0.15) is 0 Å². The van der Waals surface area contributed by atoms with Gasteiger partial charge in [-0.15, -0.1) is 0 Å². The van der Waals surface area contributed by atoms with Gasteiger partial charge in [0.2, 0.25) is 0 Å². The first-order chi connectivity index (χ1) is 9.10. The van der Waals surface area contributed by atoms with E-state index in [0.717, 1.165) is 13.1 Å². The van der Waals surface area contributed by atoms with Crippen molar-refractivity contribution in [2.45, 2.75) is 56.5 Å². The van der Waals surface area contributed by atoms with Gasteiger partial charge in [-0.05, 0) is 46.7 Å². The molecule has 0 aromatic heterocycles. The molecule has 0 bridgehead atoms. The smallest absolute Gasteiger partial charge is 0.0244 e. The molecule has 2 fully saturated rings. The third kappa shape index (κ3) is 4.44. The Labute approximate surface area is 119 Å². The lowest BCUT2D eigenvalue weighted by atomic mass is 9.80. The first-order valence-electron chi connectivity index (χ1n) is 8.02. The van der Waals surface area contributed by atoms with Crippen molar-refractivity contribution in [1.29, 1.82) is 0 Å². The number of likely N-dealkylation sites (tertiary alicyclic amines) is 1. The lowest BCUT2D eigenvalue weighted by Crippen LogP contribution is -2.54. The minimum Gasteiger partial charge on any atom is -0.313 e. The Bertz CT molecular complexity index is 251. The van der Waals surface area contributed by atoms with Gasteiger partial charge in [-0.1, -0.05) is 19.3 Å². The second-order valence-corrected chi connectivity index (χ2v) is 6.68. The molecular formula is C16H31N3. The zero-order valence-electron chi connectivity index (χ0n) is 12.8. The van der Waals surface area contributed by atoms with Crippen molar-refractivity contribution in [2.24, 2.45) is 0 Å². The summed E-state index contributed by atoms with van der Waals surface area (Å²) in [6.45, 7) is 11.2. The number of rotatable bonds is 5. The fourth-order valence-corrected chi connectivity index (χ4v) is 3.50. The Morgan fingerprint density at radius 1 is 1.16 bits per heavy atom. The zero-order chi connectivity index (χ0) is 13.7. The molecule has 2 radical (unpaired) electrons.